The van der Waals surface area contributed by atoms with Crippen LogP contribution in [0.5, 0.6) is 5.75 Å². The fraction of sp³-hybridized carbons (Fsp3) is 0.0714. The molecule has 5 nitrogen and oxygen atoms in total. The lowest BCUT2D eigenvalue weighted by Crippen LogP contribution is -2.15. The summed E-state index contributed by atoms with van der Waals surface area (Å²) in [6.07, 6.45) is 0. The maximum Gasteiger partial charge on any atom is 0.263 e. The highest BCUT2D eigenvalue weighted by molar-refractivity contribution is 7.92. The van der Waals surface area contributed by atoms with Crippen LogP contribution in [-0.2, 0) is 10.0 Å². The van der Waals surface area contributed by atoms with E-state index in [-0.39, 0.29) is 21.9 Å². The van der Waals surface area contributed by atoms with Crippen LogP contribution >= 0.6 is 0 Å². The van der Waals surface area contributed by atoms with Crippen molar-refractivity contribution in [3.05, 3.63) is 53.8 Å². The smallest absolute Gasteiger partial charge is 0.263 e. The zero-order chi connectivity index (χ0) is 15.5. The molecule has 7 heteroatoms. The highest BCUT2D eigenvalue weighted by Crippen LogP contribution is 2.28. The monoisotopic (exact) mass is 306 g/mol. The molecule has 2 rings (SSSR count). The molecular formula is C14H11FN2O3S. The second kappa shape index (κ2) is 5.81. The molecule has 0 saturated carbocycles. The molecule has 0 radical (unpaired) electrons. The lowest BCUT2D eigenvalue weighted by molar-refractivity contribution is 0.416. The number of nitrogens with zero attached hydrogens (tertiary/aromatic N) is 1. The summed E-state index contributed by atoms with van der Waals surface area (Å²) in [7, 11) is -2.68. The molecule has 1 N–H and O–H groups in total. The van der Waals surface area contributed by atoms with Crippen molar-refractivity contribution >= 4 is 15.7 Å². The van der Waals surface area contributed by atoms with Crippen LogP contribution in [0.1, 0.15) is 5.56 Å². The van der Waals surface area contributed by atoms with Gasteiger partial charge in [0.2, 0.25) is 0 Å². The molecule has 0 amide bonds. The zero-order valence-electron chi connectivity index (χ0n) is 11.0. The van der Waals surface area contributed by atoms with Crippen molar-refractivity contribution in [1.82, 2.24) is 0 Å². The van der Waals surface area contributed by atoms with E-state index < -0.39 is 15.8 Å². The SMILES string of the molecule is COc1ccc(F)cc1NS(=O)(=O)c1ccccc1C#N. The van der Waals surface area contributed by atoms with Gasteiger partial charge in [0.05, 0.1) is 18.4 Å². The van der Waals surface area contributed by atoms with Gasteiger partial charge in [-0.2, -0.15) is 5.26 Å². The largest absolute Gasteiger partial charge is 0.495 e. The van der Waals surface area contributed by atoms with E-state index >= 15 is 0 Å². The number of sulfonamides is 1. The minimum atomic E-state index is -4.02. The minimum Gasteiger partial charge on any atom is -0.495 e. The molecule has 0 aliphatic rings. The molecule has 0 aliphatic carbocycles. The van der Waals surface area contributed by atoms with Crippen molar-refractivity contribution in [2.24, 2.45) is 0 Å². The Kier molecular flexibility index (Phi) is 4.10. The molecule has 2 aromatic carbocycles. The number of ether oxygens (including phenoxy) is 1. The molecule has 0 aliphatic heterocycles. The third-order valence-corrected chi connectivity index (χ3v) is 4.13. The third-order valence-electron chi connectivity index (χ3n) is 2.70. The van der Waals surface area contributed by atoms with Gasteiger partial charge in [-0.05, 0) is 24.3 Å². The normalized spacial score (nSPS) is 10.7. The number of nitrogens with one attached hydrogen (secondary N) is 1. The summed E-state index contributed by atoms with van der Waals surface area (Å²) < 4.78 is 45.1. The molecule has 0 heterocycles. The van der Waals surface area contributed by atoms with Crippen molar-refractivity contribution in [3.8, 4) is 11.8 Å². The van der Waals surface area contributed by atoms with Gasteiger partial charge in [-0.25, -0.2) is 12.8 Å². The highest BCUT2D eigenvalue weighted by Gasteiger charge is 2.20. The van der Waals surface area contributed by atoms with Gasteiger partial charge in [-0.3, -0.25) is 4.72 Å². The maximum atomic E-state index is 13.3. The van der Waals surface area contributed by atoms with E-state index in [0.29, 0.717) is 0 Å². The van der Waals surface area contributed by atoms with Gasteiger partial charge in [-0.15, -0.1) is 0 Å². The molecular weight excluding hydrogens is 295 g/mol. The van der Waals surface area contributed by atoms with Crippen LogP contribution in [0.2, 0.25) is 0 Å². The van der Waals surface area contributed by atoms with Gasteiger partial charge in [0.15, 0.2) is 0 Å². The fourth-order valence-corrected chi connectivity index (χ4v) is 2.97. The van der Waals surface area contributed by atoms with E-state index in [4.69, 9.17) is 10.00 Å². The van der Waals surface area contributed by atoms with E-state index in [9.17, 15) is 12.8 Å². The number of hydrogen-bond donors (Lipinski definition) is 1. The summed E-state index contributed by atoms with van der Waals surface area (Å²) in [5.41, 5.74) is -0.0365. The summed E-state index contributed by atoms with van der Waals surface area (Å²) in [6, 6.07) is 11.0. The Morgan fingerprint density at radius 3 is 2.62 bits per heavy atom. The number of anilines is 1. The number of rotatable bonds is 4. The first-order chi connectivity index (χ1) is 9.97. The van der Waals surface area contributed by atoms with Gasteiger partial charge in [-0.1, -0.05) is 12.1 Å². The van der Waals surface area contributed by atoms with Gasteiger partial charge in [0.1, 0.15) is 22.5 Å². The second-order valence-corrected chi connectivity index (χ2v) is 5.71. The zero-order valence-corrected chi connectivity index (χ0v) is 11.8. The van der Waals surface area contributed by atoms with E-state index in [1.807, 2.05) is 0 Å². The number of nitriles is 1. The molecule has 21 heavy (non-hydrogen) atoms. The van der Waals surface area contributed by atoms with Crippen LogP contribution < -0.4 is 9.46 Å². The fourth-order valence-electron chi connectivity index (χ4n) is 1.75. The van der Waals surface area contributed by atoms with Gasteiger partial charge in [0, 0.05) is 6.07 Å². The Balaban J connectivity index is 2.48. The molecule has 0 saturated heterocycles. The molecule has 0 spiro atoms. The van der Waals surface area contributed by atoms with Crippen LogP contribution in [0.4, 0.5) is 10.1 Å². The van der Waals surface area contributed by atoms with Crippen LogP contribution in [-0.4, -0.2) is 15.5 Å². The summed E-state index contributed by atoms with van der Waals surface area (Å²) in [6.45, 7) is 0. The van der Waals surface area contributed by atoms with Crippen molar-refractivity contribution in [2.45, 2.75) is 4.90 Å². The van der Waals surface area contributed by atoms with E-state index in [1.54, 1.807) is 12.1 Å². The Morgan fingerprint density at radius 2 is 1.95 bits per heavy atom. The standard InChI is InChI=1S/C14H11FN2O3S/c1-20-13-7-6-11(15)8-12(13)17-21(18,19)14-5-3-2-4-10(14)9-16/h2-8,17H,1H3. The Labute approximate surface area is 121 Å². The average molecular weight is 306 g/mol. The molecule has 2 aromatic rings. The molecule has 0 atom stereocenters. The lowest BCUT2D eigenvalue weighted by Gasteiger charge is -2.12. The quantitative estimate of drug-likeness (QED) is 0.941. The predicted molar refractivity (Wildman–Crippen MR) is 74.9 cm³/mol. The predicted octanol–water partition coefficient (Wildman–Crippen LogP) is 2.51. The van der Waals surface area contributed by atoms with Gasteiger partial charge >= 0.3 is 0 Å². The maximum absolute atomic E-state index is 13.3. The molecule has 0 fully saturated rings. The second-order valence-electron chi connectivity index (χ2n) is 4.06. The molecule has 0 unspecified atom stereocenters. The van der Waals surface area contributed by atoms with Crippen molar-refractivity contribution < 1.29 is 17.5 Å². The number of benzene rings is 2. The van der Waals surface area contributed by atoms with Crippen molar-refractivity contribution in [3.63, 3.8) is 0 Å². The van der Waals surface area contributed by atoms with E-state index in [2.05, 4.69) is 4.72 Å². The van der Waals surface area contributed by atoms with E-state index in [1.165, 1.54) is 31.4 Å². The lowest BCUT2D eigenvalue weighted by atomic mass is 10.2. The first-order valence-corrected chi connectivity index (χ1v) is 7.32. The first kappa shape index (κ1) is 14.8. The highest BCUT2D eigenvalue weighted by atomic mass is 32.2. The molecule has 0 aromatic heterocycles. The third kappa shape index (κ3) is 3.12. The summed E-state index contributed by atoms with van der Waals surface area (Å²) >= 11 is 0. The van der Waals surface area contributed by atoms with Crippen LogP contribution in [0.25, 0.3) is 0 Å². The van der Waals surface area contributed by atoms with Crippen molar-refractivity contribution in [1.29, 1.82) is 5.26 Å². The number of methoxy groups -OCH3 is 1. The summed E-state index contributed by atoms with van der Waals surface area (Å²) in [5.74, 6) is -0.434. The number of halogens is 1. The minimum absolute atomic E-state index is 0.000342. The summed E-state index contributed by atoms with van der Waals surface area (Å²) in [4.78, 5) is -0.182. The van der Waals surface area contributed by atoms with Crippen LogP contribution in [0.15, 0.2) is 47.4 Å². The van der Waals surface area contributed by atoms with E-state index in [0.717, 1.165) is 12.1 Å². The molecule has 108 valence electrons. The van der Waals surface area contributed by atoms with Crippen LogP contribution in [0.3, 0.4) is 0 Å². The Morgan fingerprint density at radius 1 is 1.24 bits per heavy atom. The number of hydrogen-bond acceptors (Lipinski definition) is 4. The Hall–Kier alpha value is -2.59. The van der Waals surface area contributed by atoms with Gasteiger partial charge < -0.3 is 4.74 Å². The Bertz CT molecular complexity index is 813. The first-order valence-electron chi connectivity index (χ1n) is 5.83. The van der Waals surface area contributed by atoms with Gasteiger partial charge in [0.25, 0.3) is 10.0 Å². The molecule has 0 bridgehead atoms. The average Bonchev–Trinajstić information content (AvgIpc) is 2.47. The van der Waals surface area contributed by atoms with Crippen molar-refractivity contribution in [2.75, 3.05) is 11.8 Å². The summed E-state index contributed by atoms with van der Waals surface area (Å²) in [5, 5.41) is 8.97. The topological polar surface area (TPSA) is 79.2 Å². The van der Waals surface area contributed by atoms with Crippen LogP contribution in [0, 0.1) is 17.1 Å².